The molecule has 1 saturated carbocycles. The van der Waals surface area contributed by atoms with Crippen LogP contribution in [0.3, 0.4) is 0 Å². The molecule has 2 rings (SSSR count). The first kappa shape index (κ1) is 13.2. The third-order valence-corrected chi connectivity index (χ3v) is 3.34. The van der Waals surface area contributed by atoms with Crippen LogP contribution in [0.5, 0.6) is 11.5 Å². The summed E-state index contributed by atoms with van der Waals surface area (Å²) in [6.45, 7) is 3.62. The summed E-state index contributed by atoms with van der Waals surface area (Å²) >= 11 is 0. The zero-order valence-corrected chi connectivity index (χ0v) is 11.0. The van der Waals surface area contributed by atoms with Gasteiger partial charge in [-0.3, -0.25) is 0 Å². The topological polar surface area (TPSA) is 50.7 Å². The average molecular weight is 251 g/mol. The van der Waals surface area contributed by atoms with Gasteiger partial charge in [-0.15, -0.1) is 0 Å². The van der Waals surface area contributed by atoms with Crippen molar-refractivity contribution in [3.8, 4) is 11.5 Å². The predicted molar refractivity (Wildman–Crippen MR) is 69.9 cm³/mol. The molecular formula is C14H21NO3. The third kappa shape index (κ3) is 3.15. The van der Waals surface area contributed by atoms with Crippen molar-refractivity contribution < 1.29 is 14.6 Å². The van der Waals surface area contributed by atoms with E-state index in [0.29, 0.717) is 17.9 Å². The Morgan fingerprint density at radius 3 is 2.83 bits per heavy atom. The van der Waals surface area contributed by atoms with Crippen molar-refractivity contribution in [2.45, 2.75) is 38.5 Å². The van der Waals surface area contributed by atoms with E-state index in [1.54, 1.807) is 13.2 Å². The van der Waals surface area contributed by atoms with E-state index in [-0.39, 0.29) is 5.75 Å². The second-order valence-corrected chi connectivity index (χ2v) is 4.63. The second kappa shape index (κ2) is 6.07. The molecule has 1 aliphatic carbocycles. The Morgan fingerprint density at radius 1 is 1.39 bits per heavy atom. The highest BCUT2D eigenvalue weighted by molar-refractivity contribution is 5.41. The first-order chi connectivity index (χ1) is 8.72. The van der Waals surface area contributed by atoms with Crippen molar-refractivity contribution in [3.63, 3.8) is 0 Å². The molecule has 1 fully saturated rings. The second-order valence-electron chi connectivity index (χ2n) is 4.63. The van der Waals surface area contributed by atoms with E-state index < -0.39 is 0 Å². The van der Waals surface area contributed by atoms with Gasteiger partial charge in [-0.2, -0.15) is 0 Å². The summed E-state index contributed by atoms with van der Waals surface area (Å²) in [6.07, 6.45) is 2.61. The number of benzene rings is 1. The zero-order chi connectivity index (χ0) is 13.0. The lowest BCUT2D eigenvalue weighted by Crippen LogP contribution is -2.45. The lowest BCUT2D eigenvalue weighted by atomic mass is 9.89. The van der Waals surface area contributed by atoms with E-state index in [1.165, 1.54) is 0 Å². The van der Waals surface area contributed by atoms with E-state index in [0.717, 1.165) is 31.6 Å². The predicted octanol–water partition coefficient (Wildman–Crippen LogP) is 2.06. The fourth-order valence-corrected chi connectivity index (χ4v) is 2.20. The van der Waals surface area contributed by atoms with Crippen LogP contribution < -0.4 is 10.1 Å². The summed E-state index contributed by atoms with van der Waals surface area (Å²) < 4.78 is 10.6. The summed E-state index contributed by atoms with van der Waals surface area (Å²) in [5.41, 5.74) is 1.12. The number of hydrogen-bond donors (Lipinski definition) is 2. The molecule has 0 unspecified atom stereocenters. The van der Waals surface area contributed by atoms with E-state index in [1.807, 2.05) is 19.1 Å². The Labute approximate surface area is 108 Å². The quantitative estimate of drug-likeness (QED) is 0.812. The van der Waals surface area contributed by atoms with Crippen LogP contribution in [-0.2, 0) is 11.3 Å². The van der Waals surface area contributed by atoms with Crippen molar-refractivity contribution in [1.82, 2.24) is 5.32 Å². The number of nitrogens with one attached hydrogen (secondary N) is 1. The molecule has 4 nitrogen and oxygen atoms in total. The monoisotopic (exact) mass is 251 g/mol. The van der Waals surface area contributed by atoms with Gasteiger partial charge >= 0.3 is 0 Å². The lowest BCUT2D eigenvalue weighted by molar-refractivity contribution is -0.0102. The Kier molecular flexibility index (Phi) is 4.44. The summed E-state index contributed by atoms with van der Waals surface area (Å²) in [4.78, 5) is 0. The van der Waals surface area contributed by atoms with Crippen molar-refractivity contribution in [2.75, 3.05) is 13.7 Å². The summed E-state index contributed by atoms with van der Waals surface area (Å²) in [5.74, 6) is 0.705. The third-order valence-electron chi connectivity index (χ3n) is 3.34. The number of hydrogen-bond acceptors (Lipinski definition) is 4. The molecule has 4 heteroatoms. The summed E-state index contributed by atoms with van der Waals surface area (Å²) in [6, 6.07) is 5.98. The minimum absolute atomic E-state index is 0.182. The van der Waals surface area contributed by atoms with E-state index in [4.69, 9.17) is 9.47 Å². The zero-order valence-electron chi connectivity index (χ0n) is 11.0. The van der Waals surface area contributed by atoms with Gasteiger partial charge in [-0.25, -0.2) is 0 Å². The Hall–Kier alpha value is -1.26. The molecule has 0 spiro atoms. The molecule has 0 heterocycles. The van der Waals surface area contributed by atoms with Gasteiger partial charge in [-0.05, 0) is 37.5 Å². The van der Waals surface area contributed by atoms with Gasteiger partial charge in [0, 0.05) is 19.2 Å². The van der Waals surface area contributed by atoms with Gasteiger partial charge in [-0.1, -0.05) is 6.07 Å². The lowest BCUT2D eigenvalue weighted by Gasteiger charge is -2.35. The van der Waals surface area contributed by atoms with Gasteiger partial charge in [0.15, 0.2) is 11.5 Å². The van der Waals surface area contributed by atoms with Crippen LogP contribution in [0.4, 0.5) is 0 Å². The first-order valence-corrected chi connectivity index (χ1v) is 6.43. The van der Waals surface area contributed by atoms with Crippen molar-refractivity contribution in [1.29, 1.82) is 0 Å². The molecule has 0 amide bonds. The molecular weight excluding hydrogens is 230 g/mol. The number of aromatic hydroxyl groups is 1. The van der Waals surface area contributed by atoms with E-state index in [2.05, 4.69) is 5.32 Å². The van der Waals surface area contributed by atoms with Gasteiger partial charge in [0.05, 0.1) is 13.2 Å². The highest BCUT2D eigenvalue weighted by Crippen LogP contribution is 2.27. The number of rotatable bonds is 6. The first-order valence-electron chi connectivity index (χ1n) is 6.43. The average Bonchev–Trinajstić information content (AvgIpc) is 2.33. The fourth-order valence-electron chi connectivity index (χ4n) is 2.20. The molecule has 1 aromatic rings. The Bertz CT molecular complexity index is 389. The van der Waals surface area contributed by atoms with Gasteiger partial charge in [0.25, 0.3) is 0 Å². The smallest absolute Gasteiger partial charge is 0.160 e. The minimum Gasteiger partial charge on any atom is -0.504 e. The molecule has 18 heavy (non-hydrogen) atoms. The number of ether oxygens (including phenoxy) is 2. The number of phenolic OH excluding ortho intramolecular Hbond substituents is 1. The number of phenols is 1. The van der Waals surface area contributed by atoms with Crippen LogP contribution in [0.25, 0.3) is 0 Å². The molecule has 0 aromatic heterocycles. The van der Waals surface area contributed by atoms with E-state index in [9.17, 15) is 5.11 Å². The number of methoxy groups -OCH3 is 1. The van der Waals surface area contributed by atoms with Gasteiger partial charge in [0.1, 0.15) is 0 Å². The van der Waals surface area contributed by atoms with Crippen molar-refractivity contribution >= 4 is 0 Å². The Balaban J connectivity index is 1.77. The highest BCUT2D eigenvalue weighted by Gasteiger charge is 2.28. The van der Waals surface area contributed by atoms with E-state index >= 15 is 0 Å². The highest BCUT2D eigenvalue weighted by atomic mass is 16.5. The molecule has 0 radical (unpaired) electrons. The van der Waals surface area contributed by atoms with Gasteiger partial charge < -0.3 is 19.9 Å². The SMILES string of the molecule is CCOC1CC(NCc2ccc(O)c(OC)c2)C1. The van der Waals surface area contributed by atoms with Crippen LogP contribution in [0.15, 0.2) is 18.2 Å². The maximum atomic E-state index is 9.50. The maximum absolute atomic E-state index is 9.50. The molecule has 0 atom stereocenters. The standard InChI is InChI=1S/C14H21NO3/c1-3-18-12-7-11(8-12)15-9-10-4-5-13(16)14(6-10)17-2/h4-6,11-12,15-16H,3,7-9H2,1-2H3. The normalized spacial score (nSPS) is 22.6. The van der Waals surface area contributed by atoms with Crippen LogP contribution >= 0.6 is 0 Å². The molecule has 1 aromatic carbocycles. The molecule has 2 N–H and O–H groups in total. The van der Waals surface area contributed by atoms with Crippen LogP contribution in [0.1, 0.15) is 25.3 Å². The Morgan fingerprint density at radius 2 is 2.17 bits per heavy atom. The molecule has 0 saturated heterocycles. The maximum Gasteiger partial charge on any atom is 0.160 e. The minimum atomic E-state index is 0.182. The van der Waals surface area contributed by atoms with Crippen molar-refractivity contribution in [2.24, 2.45) is 0 Å². The largest absolute Gasteiger partial charge is 0.504 e. The molecule has 100 valence electrons. The van der Waals surface area contributed by atoms with Crippen molar-refractivity contribution in [3.05, 3.63) is 23.8 Å². The fraction of sp³-hybridized carbons (Fsp3) is 0.571. The van der Waals surface area contributed by atoms with Crippen LogP contribution in [0, 0.1) is 0 Å². The summed E-state index contributed by atoms with van der Waals surface area (Å²) in [7, 11) is 1.56. The molecule has 0 bridgehead atoms. The van der Waals surface area contributed by atoms with Crippen LogP contribution in [0.2, 0.25) is 0 Å². The van der Waals surface area contributed by atoms with Crippen LogP contribution in [-0.4, -0.2) is 31.0 Å². The molecule has 1 aliphatic rings. The summed E-state index contributed by atoms with van der Waals surface area (Å²) in [5, 5.41) is 13.0. The van der Waals surface area contributed by atoms with Gasteiger partial charge in [0.2, 0.25) is 0 Å². The molecule has 0 aliphatic heterocycles.